The van der Waals surface area contributed by atoms with Gasteiger partial charge in [0.15, 0.2) is 5.82 Å². The van der Waals surface area contributed by atoms with E-state index in [1.807, 2.05) is 41.9 Å². The number of aromatic nitrogens is 2. The summed E-state index contributed by atoms with van der Waals surface area (Å²) < 4.78 is 7.28. The molecule has 9 nitrogen and oxygen atoms in total. The molecule has 1 aromatic heterocycles. The molecule has 9 heteroatoms. The molecule has 2 N–H and O–H groups in total. The number of carbonyl (C=O) groups is 2. The maximum atomic E-state index is 12.8. The molecule has 0 radical (unpaired) electrons. The summed E-state index contributed by atoms with van der Waals surface area (Å²) >= 11 is 0. The monoisotopic (exact) mass is 468 g/mol. The Kier molecular flexibility index (Phi) is 8.18. The van der Waals surface area contributed by atoms with Crippen molar-refractivity contribution in [2.24, 2.45) is 5.92 Å². The molecular formula is C25H36N6O3. The van der Waals surface area contributed by atoms with Gasteiger partial charge in [-0.1, -0.05) is 18.2 Å². The lowest BCUT2D eigenvalue weighted by Crippen LogP contribution is -2.42. The fourth-order valence-electron chi connectivity index (χ4n) is 4.72. The number of piperidine rings is 1. The summed E-state index contributed by atoms with van der Waals surface area (Å²) in [6.07, 6.45) is 2.50. The highest BCUT2D eigenvalue weighted by Gasteiger charge is 2.29. The smallest absolute Gasteiger partial charge is 0.223 e. The van der Waals surface area contributed by atoms with E-state index >= 15 is 0 Å². The number of hydrogen-bond acceptors (Lipinski definition) is 6. The second kappa shape index (κ2) is 11.5. The Hall–Kier alpha value is -2.91. The van der Waals surface area contributed by atoms with Crippen LogP contribution in [0.25, 0.3) is 5.69 Å². The summed E-state index contributed by atoms with van der Waals surface area (Å²) in [6, 6.07) is 9.93. The number of nitrogens with zero attached hydrogens (tertiary/aromatic N) is 4. The van der Waals surface area contributed by atoms with Crippen molar-refractivity contribution in [3.8, 4) is 5.69 Å². The minimum absolute atomic E-state index is 0.0121. The lowest BCUT2D eigenvalue weighted by Gasteiger charge is -2.33. The molecule has 2 aliphatic heterocycles. The van der Waals surface area contributed by atoms with Crippen LogP contribution in [0.1, 0.15) is 31.9 Å². The van der Waals surface area contributed by atoms with Gasteiger partial charge in [0.05, 0.1) is 24.6 Å². The van der Waals surface area contributed by atoms with E-state index in [2.05, 4.69) is 20.4 Å². The number of anilines is 2. The Labute approximate surface area is 201 Å². The molecule has 0 spiro atoms. The number of para-hydroxylation sites is 1. The molecule has 0 aliphatic carbocycles. The lowest BCUT2D eigenvalue weighted by molar-refractivity contribution is -0.125. The van der Waals surface area contributed by atoms with Crippen molar-refractivity contribution in [1.82, 2.24) is 20.0 Å². The Balaban J connectivity index is 1.35. The zero-order valence-corrected chi connectivity index (χ0v) is 20.3. The van der Waals surface area contributed by atoms with Crippen LogP contribution in [0.15, 0.2) is 30.3 Å². The van der Waals surface area contributed by atoms with E-state index in [-0.39, 0.29) is 17.7 Å². The molecule has 0 saturated carbocycles. The van der Waals surface area contributed by atoms with Crippen LogP contribution in [0.5, 0.6) is 0 Å². The van der Waals surface area contributed by atoms with E-state index in [1.165, 1.54) is 6.92 Å². The molecule has 0 atom stereocenters. The zero-order valence-electron chi connectivity index (χ0n) is 20.3. The van der Waals surface area contributed by atoms with Crippen LogP contribution in [-0.4, -0.2) is 79.0 Å². The molecule has 0 unspecified atom stereocenters. The minimum atomic E-state index is -0.122. The summed E-state index contributed by atoms with van der Waals surface area (Å²) in [5.74, 6) is 0.918. The summed E-state index contributed by atoms with van der Waals surface area (Å²) in [7, 11) is 0. The largest absolute Gasteiger partial charge is 0.379 e. The average molecular weight is 469 g/mol. The van der Waals surface area contributed by atoms with Gasteiger partial charge in [-0.05, 0) is 44.9 Å². The number of rotatable bonds is 8. The number of amides is 2. The van der Waals surface area contributed by atoms with E-state index < -0.39 is 0 Å². The molecule has 0 bridgehead atoms. The molecule has 1 aromatic carbocycles. The van der Waals surface area contributed by atoms with Gasteiger partial charge in [-0.15, -0.1) is 0 Å². The molecule has 184 valence electrons. The summed E-state index contributed by atoms with van der Waals surface area (Å²) in [5.41, 5.74) is 2.45. The van der Waals surface area contributed by atoms with E-state index in [4.69, 9.17) is 9.84 Å². The van der Waals surface area contributed by atoms with Crippen LogP contribution in [0, 0.1) is 12.8 Å². The number of ether oxygens (including phenoxy) is 1. The van der Waals surface area contributed by atoms with Crippen LogP contribution in [0.3, 0.4) is 0 Å². The third-order valence-electron chi connectivity index (χ3n) is 6.56. The Morgan fingerprint density at radius 3 is 2.47 bits per heavy atom. The SMILES string of the molecule is CC(=O)Nc1c(C)nn(-c2ccccc2)c1N1CCC(C(=O)NCCCN2CCOCC2)CC1. The molecule has 2 aliphatic rings. The fraction of sp³-hybridized carbons (Fsp3) is 0.560. The number of morpholine rings is 1. The molecule has 2 aromatic rings. The third kappa shape index (κ3) is 5.95. The number of nitrogens with one attached hydrogen (secondary N) is 2. The van der Waals surface area contributed by atoms with Crippen LogP contribution in [-0.2, 0) is 14.3 Å². The second-order valence-electron chi connectivity index (χ2n) is 9.07. The Morgan fingerprint density at radius 1 is 1.09 bits per heavy atom. The first-order valence-electron chi connectivity index (χ1n) is 12.3. The standard InChI is InChI=1S/C25H36N6O3/c1-19-23(27-20(2)32)25(31(28-19)22-7-4-3-5-8-22)30-13-9-21(10-14-30)24(33)26-11-6-12-29-15-17-34-18-16-29/h3-5,7-8,21H,6,9-18H2,1-2H3,(H,26,33)(H,27,32). The maximum absolute atomic E-state index is 12.8. The number of carbonyl (C=O) groups excluding carboxylic acids is 2. The van der Waals surface area contributed by atoms with Crippen molar-refractivity contribution >= 4 is 23.3 Å². The van der Waals surface area contributed by atoms with Crippen molar-refractivity contribution in [2.45, 2.75) is 33.1 Å². The summed E-state index contributed by atoms with van der Waals surface area (Å²) in [5, 5.41) is 10.8. The quantitative estimate of drug-likeness (QED) is 0.577. The van der Waals surface area contributed by atoms with E-state index in [0.29, 0.717) is 6.54 Å². The van der Waals surface area contributed by atoms with Gasteiger partial charge in [0.25, 0.3) is 0 Å². The predicted octanol–water partition coefficient (Wildman–Crippen LogP) is 2.19. The fourth-order valence-corrected chi connectivity index (χ4v) is 4.72. The van der Waals surface area contributed by atoms with Gasteiger partial charge in [0.1, 0.15) is 5.69 Å². The first kappa shape index (κ1) is 24.2. The van der Waals surface area contributed by atoms with Crippen LogP contribution >= 0.6 is 0 Å². The normalized spacial score (nSPS) is 17.5. The van der Waals surface area contributed by atoms with Gasteiger partial charge in [0.2, 0.25) is 11.8 Å². The molecule has 2 fully saturated rings. The molecule has 2 saturated heterocycles. The van der Waals surface area contributed by atoms with Gasteiger partial charge < -0.3 is 20.3 Å². The van der Waals surface area contributed by atoms with Gasteiger partial charge in [-0.25, -0.2) is 4.68 Å². The van der Waals surface area contributed by atoms with Crippen molar-refractivity contribution in [3.63, 3.8) is 0 Å². The van der Waals surface area contributed by atoms with E-state index in [1.54, 1.807) is 0 Å². The van der Waals surface area contributed by atoms with Gasteiger partial charge in [-0.3, -0.25) is 14.5 Å². The maximum Gasteiger partial charge on any atom is 0.223 e. The van der Waals surface area contributed by atoms with Crippen molar-refractivity contribution in [1.29, 1.82) is 0 Å². The van der Waals surface area contributed by atoms with Crippen LogP contribution in [0.2, 0.25) is 0 Å². The van der Waals surface area contributed by atoms with Crippen molar-refractivity contribution in [2.75, 3.05) is 62.7 Å². The number of aryl methyl sites for hydroxylation is 1. The molecule has 34 heavy (non-hydrogen) atoms. The lowest BCUT2D eigenvalue weighted by atomic mass is 9.95. The Morgan fingerprint density at radius 2 is 1.79 bits per heavy atom. The zero-order chi connectivity index (χ0) is 23.9. The van der Waals surface area contributed by atoms with E-state index in [9.17, 15) is 9.59 Å². The number of benzene rings is 1. The molecule has 3 heterocycles. The Bertz CT molecular complexity index is 963. The molecular weight excluding hydrogens is 432 g/mol. The van der Waals surface area contributed by atoms with Crippen LogP contribution in [0.4, 0.5) is 11.5 Å². The average Bonchev–Trinajstić information content (AvgIpc) is 3.18. The van der Waals surface area contributed by atoms with Gasteiger partial charge >= 0.3 is 0 Å². The first-order chi connectivity index (χ1) is 16.5. The van der Waals surface area contributed by atoms with Crippen molar-refractivity contribution < 1.29 is 14.3 Å². The second-order valence-corrected chi connectivity index (χ2v) is 9.07. The van der Waals surface area contributed by atoms with Crippen LogP contribution < -0.4 is 15.5 Å². The molecule has 2 amide bonds. The van der Waals surface area contributed by atoms with Crippen molar-refractivity contribution in [3.05, 3.63) is 36.0 Å². The highest BCUT2D eigenvalue weighted by molar-refractivity contribution is 5.93. The number of hydrogen-bond donors (Lipinski definition) is 2. The topological polar surface area (TPSA) is 91.7 Å². The summed E-state index contributed by atoms with van der Waals surface area (Å²) in [6.45, 7) is 10.2. The van der Waals surface area contributed by atoms with E-state index in [0.717, 1.165) is 88.1 Å². The highest BCUT2D eigenvalue weighted by Crippen LogP contribution is 2.34. The first-order valence-corrected chi connectivity index (χ1v) is 12.3. The predicted molar refractivity (Wildman–Crippen MR) is 132 cm³/mol. The third-order valence-corrected chi connectivity index (χ3v) is 6.56. The summed E-state index contributed by atoms with van der Waals surface area (Å²) in [4.78, 5) is 29.3. The van der Waals surface area contributed by atoms with Gasteiger partial charge in [-0.2, -0.15) is 5.10 Å². The molecule has 4 rings (SSSR count). The minimum Gasteiger partial charge on any atom is -0.379 e. The van der Waals surface area contributed by atoms with Gasteiger partial charge in [0, 0.05) is 45.6 Å². The highest BCUT2D eigenvalue weighted by atomic mass is 16.5.